The molecule has 0 aliphatic rings. The number of hydrogen-bond acceptors (Lipinski definition) is 5. The molecule has 1 rings (SSSR count). The monoisotopic (exact) mass is 294 g/mol. The third-order valence-corrected chi connectivity index (χ3v) is 3.11. The summed E-state index contributed by atoms with van der Waals surface area (Å²) >= 11 is 0. The maximum Gasteiger partial charge on any atom is 0.315 e. The van der Waals surface area contributed by atoms with Crippen LogP contribution in [0.25, 0.3) is 0 Å². The van der Waals surface area contributed by atoms with Gasteiger partial charge in [0, 0.05) is 20.1 Å². The standard InChI is InChI=1S/C14H22N4O3/c1-4-9-15-11-7-6-8-12(14(11)18(20)21)16-10-13(19)17(3)5-2/h6-8,15-16H,4-5,9-10H2,1-3H3. The highest BCUT2D eigenvalue weighted by molar-refractivity contribution is 5.83. The van der Waals surface area contributed by atoms with Gasteiger partial charge in [-0.25, -0.2) is 0 Å². The first-order valence-electron chi connectivity index (χ1n) is 7.00. The number of carbonyl (C=O) groups excluding carboxylic acids is 1. The highest BCUT2D eigenvalue weighted by Gasteiger charge is 2.20. The topological polar surface area (TPSA) is 87.5 Å². The molecule has 116 valence electrons. The average molecular weight is 294 g/mol. The van der Waals surface area contributed by atoms with Crippen molar-refractivity contribution in [3.8, 4) is 0 Å². The van der Waals surface area contributed by atoms with E-state index < -0.39 is 4.92 Å². The molecule has 0 aliphatic heterocycles. The van der Waals surface area contributed by atoms with Crippen LogP contribution in [0.15, 0.2) is 18.2 Å². The number of carbonyl (C=O) groups is 1. The molecule has 2 N–H and O–H groups in total. The number of benzene rings is 1. The van der Waals surface area contributed by atoms with Crippen LogP contribution < -0.4 is 10.6 Å². The number of nitro benzene ring substituents is 1. The number of nitrogens with one attached hydrogen (secondary N) is 2. The van der Waals surface area contributed by atoms with E-state index in [0.29, 0.717) is 24.5 Å². The maximum atomic E-state index is 11.8. The summed E-state index contributed by atoms with van der Waals surface area (Å²) in [7, 11) is 1.69. The summed E-state index contributed by atoms with van der Waals surface area (Å²) < 4.78 is 0. The maximum absolute atomic E-state index is 11.8. The van der Waals surface area contributed by atoms with E-state index in [9.17, 15) is 14.9 Å². The van der Waals surface area contributed by atoms with E-state index in [1.54, 1.807) is 30.1 Å². The Morgan fingerprint density at radius 1 is 1.29 bits per heavy atom. The first-order valence-corrected chi connectivity index (χ1v) is 7.00. The van der Waals surface area contributed by atoms with Crippen molar-refractivity contribution < 1.29 is 9.72 Å². The quantitative estimate of drug-likeness (QED) is 0.567. The Labute approximate surface area is 124 Å². The highest BCUT2D eigenvalue weighted by atomic mass is 16.6. The van der Waals surface area contributed by atoms with E-state index >= 15 is 0 Å². The number of rotatable bonds is 8. The molecule has 0 radical (unpaired) electrons. The zero-order valence-corrected chi connectivity index (χ0v) is 12.7. The predicted molar refractivity (Wildman–Crippen MR) is 83.7 cm³/mol. The van der Waals surface area contributed by atoms with Crippen LogP contribution >= 0.6 is 0 Å². The van der Waals surface area contributed by atoms with Gasteiger partial charge in [0.1, 0.15) is 11.4 Å². The van der Waals surface area contributed by atoms with Crippen molar-refractivity contribution in [3.05, 3.63) is 28.3 Å². The molecule has 7 heteroatoms. The van der Waals surface area contributed by atoms with Crippen molar-refractivity contribution in [1.29, 1.82) is 0 Å². The Morgan fingerprint density at radius 3 is 2.43 bits per heavy atom. The van der Waals surface area contributed by atoms with E-state index in [-0.39, 0.29) is 18.1 Å². The third-order valence-electron chi connectivity index (χ3n) is 3.11. The molecule has 0 aliphatic carbocycles. The molecular weight excluding hydrogens is 272 g/mol. The number of nitrogens with zero attached hydrogens (tertiary/aromatic N) is 2. The van der Waals surface area contributed by atoms with Gasteiger partial charge in [0.15, 0.2) is 0 Å². The summed E-state index contributed by atoms with van der Waals surface area (Å²) in [6.07, 6.45) is 0.870. The highest BCUT2D eigenvalue weighted by Crippen LogP contribution is 2.32. The van der Waals surface area contributed by atoms with Gasteiger partial charge < -0.3 is 15.5 Å². The van der Waals surface area contributed by atoms with Crippen LogP contribution in [0, 0.1) is 10.1 Å². The number of likely N-dealkylation sites (N-methyl/N-ethyl adjacent to an activating group) is 1. The van der Waals surface area contributed by atoms with E-state index in [4.69, 9.17) is 0 Å². The number of hydrogen-bond donors (Lipinski definition) is 2. The minimum absolute atomic E-state index is 0.0297. The fourth-order valence-corrected chi connectivity index (χ4v) is 1.77. The molecule has 0 saturated heterocycles. The van der Waals surface area contributed by atoms with Crippen molar-refractivity contribution in [2.75, 3.05) is 37.3 Å². The van der Waals surface area contributed by atoms with Crippen molar-refractivity contribution in [2.24, 2.45) is 0 Å². The molecule has 0 atom stereocenters. The molecule has 1 aromatic carbocycles. The molecular formula is C14H22N4O3. The van der Waals surface area contributed by atoms with Crippen LogP contribution in [0.5, 0.6) is 0 Å². The van der Waals surface area contributed by atoms with Gasteiger partial charge in [-0.15, -0.1) is 0 Å². The number of nitro groups is 1. The van der Waals surface area contributed by atoms with Crippen LogP contribution in [-0.4, -0.2) is 42.4 Å². The van der Waals surface area contributed by atoms with Gasteiger partial charge in [0.2, 0.25) is 5.91 Å². The molecule has 21 heavy (non-hydrogen) atoms. The first kappa shape index (κ1) is 16.7. The third kappa shape index (κ3) is 4.62. The molecule has 0 aromatic heterocycles. The van der Waals surface area contributed by atoms with Crippen LogP contribution in [0.3, 0.4) is 0 Å². The average Bonchev–Trinajstić information content (AvgIpc) is 2.49. The Hall–Kier alpha value is -2.31. The zero-order chi connectivity index (χ0) is 15.8. The minimum Gasteiger partial charge on any atom is -0.379 e. The first-order chi connectivity index (χ1) is 10.0. The zero-order valence-electron chi connectivity index (χ0n) is 12.7. The van der Waals surface area contributed by atoms with Crippen molar-refractivity contribution in [2.45, 2.75) is 20.3 Å². The number of para-hydroxylation sites is 1. The van der Waals surface area contributed by atoms with Crippen molar-refractivity contribution >= 4 is 23.0 Å². The summed E-state index contributed by atoms with van der Waals surface area (Å²) in [4.78, 5) is 24.2. The van der Waals surface area contributed by atoms with Gasteiger partial charge in [-0.1, -0.05) is 13.0 Å². The van der Waals surface area contributed by atoms with Gasteiger partial charge in [0.25, 0.3) is 0 Å². The molecule has 0 bridgehead atoms. The lowest BCUT2D eigenvalue weighted by atomic mass is 10.2. The lowest BCUT2D eigenvalue weighted by Crippen LogP contribution is -2.32. The Kier molecular flexibility index (Phi) is 6.45. The lowest BCUT2D eigenvalue weighted by molar-refractivity contribution is -0.383. The predicted octanol–water partition coefficient (Wildman–Crippen LogP) is 2.31. The molecule has 0 heterocycles. The summed E-state index contributed by atoms with van der Waals surface area (Å²) in [5.41, 5.74) is 0.778. The van der Waals surface area contributed by atoms with Crippen LogP contribution in [-0.2, 0) is 4.79 Å². The Bertz CT molecular complexity index is 505. The molecule has 1 amide bonds. The van der Waals surface area contributed by atoms with Crippen LogP contribution in [0.1, 0.15) is 20.3 Å². The fraction of sp³-hybridized carbons (Fsp3) is 0.500. The minimum atomic E-state index is -0.436. The lowest BCUT2D eigenvalue weighted by Gasteiger charge is -2.16. The van der Waals surface area contributed by atoms with Gasteiger partial charge in [0.05, 0.1) is 11.5 Å². The van der Waals surface area contributed by atoms with Crippen LogP contribution in [0.4, 0.5) is 17.1 Å². The summed E-state index contributed by atoms with van der Waals surface area (Å²) in [5.74, 6) is -0.112. The summed E-state index contributed by atoms with van der Waals surface area (Å²) in [5, 5.41) is 17.2. The smallest absolute Gasteiger partial charge is 0.315 e. The Morgan fingerprint density at radius 2 is 1.90 bits per heavy atom. The second-order valence-corrected chi connectivity index (χ2v) is 4.65. The Balaban J connectivity index is 2.91. The summed E-state index contributed by atoms with van der Waals surface area (Å²) in [6, 6.07) is 4.99. The molecule has 7 nitrogen and oxygen atoms in total. The molecule has 0 spiro atoms. The molecule has 1 aromatic rings. The van der Waals surface area contributed by atoms with E-state index in [1.807, 2.05) is 13.8 Å². The largest absolute Gasteiger partial charge is 0.379 e. The summed E-state index contributed by atoms with van der Waals surface area (Å²) in [6.45, 7) is 5.14. The van der Waals surface area contributed by atoms with E-state index in [0.717, 1.165) is 6.42 Å². The molecule has 0 saturated carbocycles. The second kappa shape index (κ2) is 8.08. The second-order valence-electron chi connectivity index (χ2n) is 4.65. The normalized spacial score (nSPS) is 10.0. The fourth-order valence-electron chi connectivity index (χ4n) is 1.77. The van der Waals surface area contributed by atoms with Gasteiger partial charge in [-0.3, -0.25) is 14.9 Å². The van der Waals surface area contributed by atoms with Gasteiger partial charge in [-0.05, 0) is 25.5 Å². The number of anilines is 2. The molecule has 0 unspecified atom stereocenters. The van der Waals surface area contributed by atoms with Crippen molar-refractivity contribution in [3.63, 3.8) is 0 Å². The van der Waals surface area contributed by atoms with Crippen LogP contribution in [0.2, 0.25) is 0 Å². The molecule has 0 fully saturated rings. The SMILES string of the molecule is CCCNc1cccc(NCC(=O)N(C)CC)c1[N+](=O)[O-]. The van der Waals surface area contributed by atoms with Gasteiger partial charge >= 0.3 is 5.69 Å². The van der Waals surface area contributed by atoms with Gasteiger partial charge in [-0.2, -0.15) is 0 Å². The van der Waals surface area contributed by atoms with E-state index in [2.05, 4.69) is 10.6 Å². The van der Waals surface area contributed by atoms with E-state index in [1.165, 1.54) is 0 Å². The van der Waals surface area contributed by atoms with Crippen molar-refractivity contribution in [1.82, 2.24) is 4.90 Å². The number of amides is 1.